The van der Waals surface area contributed by atoms with E-state index in [9.17, 15) is 4.79 Å². The monoisotopic (exact) mass is 247 g/mol. The summed E-state index contributed by atoms with van der Waals surface area (Å²) >= 11 is 0. The lowest BCUT2D eigenvalue weighted by atomic mass is 9.77. The van der Waals surface area contributed by atoms with E-state index in [1.54, 1.807) is 29.2 Å². The van der Waals surface area contributed by atoms with Crippen LogP contribution in [-0.4, -0.2) is 54.3 Å². The molecule has 1 aromatic carbocycles. The highest BCUT2D eigenvalue weighted by atomic mass is 16.5. The molecule has 1 aromatic rings. The summed E-state index contributed by atoms with van der Waals surface area (Å²) in [6.45, 7) is 3.03. The summed E-state index contributed by atoms with van der Waals surface area (Å²) in [6.07, 6.45) is 0. The van der Waals surface area contributed by atoms with Crippen molar-refractivity contribution in [3.05, 3.63) is 29.8 Å². The normalized spacial score (nSPS) is 20.2. The van der Waals surface area contributed by atoms with Crippen LogP contribution in [0.5, 0.6) is 0 Å². The number of carbonyl (C=O) groups is 1. The first-order valence-corrected chi connectivity index (χ1v) is 5.93. The van der Waals surface area contributed by atoms with Gasteiger partial charge in [0.05, 0.1) is 18.6 Å². The fourth-order valence-electron chi connectivity index (χ4n) is 2.46. The molecule has 2 aliphatic rings. The molecule has 0 atom stereocenters. The lowest BCUT2D eigenvalue weighted by Gasteiger charge is -2.54. The summed E-state index contributed by atoms with van der Waals surface area (Å²) in [4.78, 5) is 13.9. The molecule has 0 radical (unpaired) electrons. The van der Waals surface area contributed by atoms with Crippen LogP contribution in [0.3, 0.4) is 0 Å². The number of ether oxygens (including phenoxy) is 1. The first kappa shape index (κ1) is 11.7. The minimum Gasteiger partial charge on any atom is -0.423 e. The van der Waals surface area contributed by atoms with Crippen LogP contribution >= 0.6 is 0 Å². The number of benzene rings is 1. The van der Waals surface area contributed by atoms with Gasteiger partial charge in [0.1, 0.15) is 0 Å². The fraction of sp³-hybridized carbons (Fsp3) is 0.417. The van der Waals surface area contributed by atoms with Crippen molar-refractivity contribution in [3.63, 3.8) is 0 Å². The maximum atomic E-state index is 12.1. The number of carbonyl (C=O) groups excluding carboxylic acids is 1. The number of amides is 1. The van der Waals surface area contributed by atoms with Crippen molar-refractivity contribution in [2.75, 3.05) is 26.3 Å². The highest BCUT2D eigenvalue weighted by Gasteiger charge is 2.50. The quantitative estimate of drug-likeness (QED) is 0.647. The van der Waals surface area contributed by atoms with Crippen molar-refractivity contribution in [2.24, 2.45) is 5.41 Å². The van der Waals surface area contributed by atoms with E-state index in [0.29, 0.717) is 11.0 Å². The lowest BCUT2D eigenvalue weighted by Crippen LogP contribution is -2.67. The summed E-state index contributed by atoms with van der Waals surface area (Å²) in [7, 11) is -1.49. The van der Waals surface area contributed by atoms with Crippen LogP contribution in [0, 0.1) is 5.41 Å². The number of hydrogen-bond acceptors (Lipinski definition) is 4. The number of likely N-dealkylation sites (tertiary alicyclic amines) is 1. The second kappa shape index (κ2) is 4.08. The van der Waals surface area contributed by atoms with Crippen LogP contribution in [0.4, 0.5) is 0 Å². The van der Waals surface area contributed by atoms with Crippen LogP contribution in [0.1, 0.15) is 10.4 Å². The van der Waals surface area contributed by atoms with Crippen LogP contribution in [0.2, 0.25) is 0 Å². The first-order valence-electron chi connectivity index (χ1n) is 5.93. The summed E-state index contributed by atoms with van der Waals surface area (Å²) in [5.41, 5.74) is 1.19. The molecule has 1 spiro atoms. The number of rotatable bonds is 2. The Kier molecular flexibility index (Phi) is 2.66. The molecule has 2 aliphatic heterocycles. The second-order valence-electron chi connectivity index (χ2n) is 5.15. The Hall–Kier alpha value is -1.37. The molecule has 1 amide bonds. The smallest absolute Gasteiger partial charge is 0.423 e. The Morgan fingerprint density at radius 1 is 1.22 bits per heavy atom. The van der Waals surface area contributed by atoms with Gasteiger partial charge in [-0.25, -0.2) is 0 Å². The fourth-order valence-corrected chi connectivity index (χ4v) is 2.46. The third-order valence-corrected chi connectivity index (χ3v) is 3.61. The predicted molar refractivity (Wildman–Crippen MR) is 65.4 cm³/mol. The summed E-state index contributed by atoms with van der Waals surface area (Å²) < 4.78 is 5.16. The molecule has 2 heterocycles. The van der Waals surface area contributed by atoms with Gasteiger partial charge >= 0.3 is 7.12 Å². The van der Waals surface area contributed by atoms with Crippen molar-refractivity contribution in [2.45, 2.75) is 0 Å². The molecule has 18 heavy (non-hydrogen) atoms. The lowest BCUT2D eigenvalue weighted by molar-refractivity contribution is -0.176. The van der Waals surface area contributed by atoms with Crippen LogP contribution < -0.4 is 5.46 Å². The molecule has 0 aliphatic carbocycles. The third kappa shape index (κ3) is 1.82. The molecule has 5 nitrogen and oxygen atoms in total. The highest BCUT2D eigenvalue weighted by molar-refractivity contribution is 6.58. The van der Waals surface area contributed by atoms with E-state index in [4.69, 9.17) is 14.8 Å². The Morgan fingerprint density at radius 3 is 2.28 bits per heavy atom. The highest BCUT2D eigenvalue weighted by Crippen LogP contribution is 2.38. The van der Waals surface area contributed by atoms with E-state index in [2.05, 4.69) is 0 Å². The Bertz CT molecular complexity index is 461. The largest absolute Gasteiger partial charge is 0.488 e. The molecule has 0 unspecified atom stereocenters. The van der Waals surface area contributed by atoms with Crippen LogP contribution in [0.25, 0.3) is 0 Å². The molecular weight excluding hydrogens is 233 g/mol. The maximum Gasteiger partial charge on any atom is 0.488 e. The van der Waals surface area contributed by atoms with Gasteiger partial charge in [-0.05, 0) is 17.6 Å². The zero-order chi connectivity index (χ0) is 12.8. The van der Waals surface area contributed by atoms with E-state index >= 15 is 0 Å². The van der Waals surface area contributed by atoms with Gasteiger partial charge in [0.2, 0.25) is 0 Å². The molecule has 2 saturated heterocycles. The van der Waals surface area contributed by atoms with E-state index in [0.717, 1.165) is 26.3 Å². The van der Waals surface area contributed by atoms with Crippen molar-refractivity contribution < 1.29 is 19.6 Å². The average Bonchev–Trinajstić information content (AvgIpc) is 2.25. The summed E-state index contributed by atoms with van der Waals surface area (Å²) in [6, 6.07) is 6.36. The maximum absolute atomic E-state index is 12.1. The van der Waals surface area contributed by atoms with Gasteiger partial charge in [-0.3, -0.25) is 4.79 Å². The third-order valence-electron chi connectivity index (χ3n) is 3.61. The zero-order valence-electron chi connectivity index (χ0n) is 9.87. The Morgan fingerprint density at radius 2 is 1.83 bits per heavy atom. The van der Waals surface area contributed by atoms with Gasteiger partial charge in [-0.15, -0.1) is 0 Å². The van der Waals surface area contributed by atoms with E-state index in [1.807, 2.05) is 0 Å². The Labute approximate surface area is 105 Å². The van der Waals surface area contributed by atoms with Crippen molar-refractivity contribution in [3.8, 4) is 0 Å². The van der Waals surface area contributed by atoms with Gasteiger partial charge in [-0.2, -0.15) is 0 Å². The minimum atomic E-state index is -1.49. The second-order valence-corrected chi connectivity index (χ2v) is 5.15. The standard InChI is InChI=1S/C12H14BNO4/c15-11(14-5-12(6-14)7-18-8-12)9-1-3-10(4-2-9)13(16)17/h1-4,16-17H,5-8H2. The predicted octanol–water partition coefficient (Wildman–Crippen LogP) is -1.16. The van der Waals surface area contributed by atoms with Gasteiger partial charge < -0.3 is 19.7 Å². The molecular formula is C12H14BNO4. The van der Waals surface area contributed by atoms with E-state index in [1.165, 1.54) is 0 Å². The van der Waals surface area contributed by atoms with Crippen LogP contribution in [0.15, 0.2) is 24.3 Å². The SMILES string of the molecule is O=C(c1ccc(B(O)O)cc1)N1CC2(COC2)C1. The molecule has 0 saturated carbocycles. The minimum absolute atomic E-state index is 0.00787. The summed E-state index contributed by atoms with van der Waals surface area (Å²) in [5.74, 6) is -0.00787. The van der Waals surface area contributed by atoms with Gasteiger partial charge in [0, 0.05) is 18.7 Å². The zero-order valence-corrected chi connectivity index (χ0v) is 9.87. The van der Waals surface area contributed by atoms with Crippen molar-refractivity contribution in [1.29, 1.82) is 0 Å². The van der Waals surface area contributed by atoms with Crippen LogP contribution in [-0.2, 0) is 4.74 Å². The average molecular weight is 247 g/mol. The van der Waals surface area contributed by atoms with Crippen molar-refractivity contribution >= 4 is 18.5 Å². The summed E-state index contributed by atoms with van der Waals surface area (Å²) in [5, 5.41) is 17.9. The molecule has 6 heteroatoms. The molecule has 0 bridgehead atoms. The van der Waals surface area contributed by atoms with Gasteiger partial charge in [0.15, 0.2) is 0 Å². The van der Waals surface area contributed by atoms with E-state index < -0.39 is 7.12 Å². The van der Waals surface area contributed by atoms with Gasteiger partial charge in [-0.1, -0.05) is 12.1 Å². The van der Waals surface area contributed by atoms with Crippen molar-refractivity contribution in [1.82, 2.24) is 4.90 Å². The molecule has 2 fully saturated rings. The van der Waals surface area contributed by atoms with E-state index in [-0.39, 0.29) is 11.3 Å². The van der Waals surface area contributed by atoms with Gasteiger partial charge in [0.25, 0.3) is 5.91 Å². The molecule has 94 valence electrons. The molecule has 3 rings (SSSR count). The molecule has 0 aromatic heterocycles. The Balaban J connectivity index is 1.66. The topological polar surface area (TPSA) is 70.0 Å². The first-order chi connectivity index (χ1) is 8.60. The number of hydrogen-bond donors (Lipinski definition) is 2. The number of nitrogens with zero attached hydrogens (tertiary/aromatic N) is 1. The molecule has 2 N–H and O–H groups in total.